The van der Waals surface area contributed by atoms with Crippen molar-refractivity contribution in [3.05, 3.63) is 16.7 Å². The second-order valence-corrected chi connectivity index (χ2v) is 6.19. The summed E-state index contributed by atoms with van der Waals surface area (Å²) in [6.45, 7) is 7.91. The van der Waals surface area contributed by atoms with Crippen LogP contribution in [0.1, 0.15) is 27.2 Å². The summed E-state index contributed by atoms with van der Waals surface area (Å²) in [6.07, 6.45) is 3.11. The fourth-order valence-corrected chi connectivity index (χ4v) is 3.03. The van der Waals surface area contributed by atoms with Crippen LogP contribution >= 0.6 is 15.9 Å². The van der Waals surface area contributed by atoms with E-state index >= 15 is 0 Å². The number of halogens is 1. The van der Waals surface area contributed by atoms with Gasteiger partial charge in [-0.3, -0.25) is 0 Å². The molecule has 4 heteroatoms. The van der Waals surface area contributed by atoms with Gasteiger partial charge >= 0.3 is 0 Å². The van der Waals surface area contributed by atoms with E-state index in [1.54, 1.807) is 0 Å². The highest BCUT2D eigenvalue weighted by atomic mass is 79.9. The van der Waals surface area contributed by atoms with Crippen LogP contribution in [0.3, 0.4) is 0 Å². The van der Waals surface area contributed by atoms with Gasteiger partial charge in [0.1, 0.15) is 0 Å². The number of anilines is 2. The van der Waals surface area contributed by atoms with E-state index in [4.69, 9.17) is 5.73 Å². The zero-order valence-electron chi connectivity index (χ0n) is 10.7. The largest absolute Gasteiger partial charge is 0.396 e. The first-order valence-corrected chi connectivity index (χ1v) is 6.96. The Morgan fingerprint density at radius 2 is 2.12 bits per heavy atom. The molecule has 1 fully saturated rings. The zero-order valence-corrected chi connectivity index (χ0v) is 12.2. The van der Waals surface area contributed by atoms with Gasteiger partial charge in [-0.15, -0.1) is 0 Å². The monoisotopic (exact) mass is 297 g/mol. The number of aromatic nitrogens is 1. The minimum atomic E-state index is 0.502. The molecule has 94 valence electrons. The van der Waals surface area contributed by atoms with Crippen molar-refractivity contribution >= 4 is 27.4 Å². The Balaban J connectivity index is 2.31. The lowest BCUT2D eigenvalue weighted by Crippen LogP contribution is -2.46. The molecule has 1 aromatic heterocycles. The van der Waals surface area contributed by atoms with E-state index in [2.05, 4.69) is 46.6 Å². The summed E-state index contributed by atoms with van der Waals surface area (Å²) in [6, 6.07) is 2.43. The Morgan fingerprint density at radius 1 is 1.41 bits per heavy atom. The van der Waals surface area contributed by atoms with Gasteiger partial charge < -0.3 is 10.6 Å². The first-order chi connectivity index (χ1) is 7.99. The molecule has 0 spiro atoms. The third kappa shape index (κ3) is 2.57. The fourth-order valence-electron chi connectivity index (χ4n) is 2.68. The maximum absolute atomic E-state index is 6.07. The highest BCUT2D eigenvalue weighted by molar-refractivity contribution is 9.10. The van der Waals surface area contributed by atoms with Crippen molar-refractivity contribution in [3.8, 4) is 0 Å². The van der Waals surface area contributed by atoms with Crippen LogP contribution in [0, 0.1) is 11.8 Å². The minimum absolute atomic E-state index is 0.502. The van der Waals surface area contributed by atoms with Crippen molar-refractivity contribution < 1.29 is 0 Å². The third-order valence-corrected chi connectivity index (χ3v) is 4.17. The summed E-state index contributed by atoms with van der Waals surface area (Å²) in [7, 11) is 0. The number of hydrogen-bond donors (Lipinski definition) is 1. The van der Waals surface area contributed by atoms with E-state index < -0.39 is 0 Å². The van der Waals surface area contributed by atoms with Gasteiger partial charge in [0.25, 0.3) is 0 Å². The van der Waals surface area contributed by atoms with Crippen LogP contribution < -0.4 is 10.6 Å². The molecule has 17 heavy (non-hydrogen) atoms. The Kier molecular flexibility index (Phi) is 3.61. The van der Waals surface area contributed by atoms with E-state index in [1.165, 1.54) is 6.42 Å². The quantitative estimate of drug-likeness (QED) is 0.865. The molecule has 1 aliphatic heterocycles. The highest BCUT2D eigenvalue weighted by Gasteiger charge is 2.30. The number of rotatable bonds is 1. The summed E-state index contributed by atoms with van der Waals surface area (Å²) in [5.41, 5.74) is 6.83. The van der Waals surface area contributed by atoms with Gasteiger partial charge in [-0.05, 0) is 47.2 Å². The average molecular weight is 298 g/mol. The second kappa shape index (κ2) is 4.84. The molecule has 0 saturated carbocycles. The number of nitrogens with zero attached hydrogens (tertiary/aromatic N) is 2. The topological polar surface area (TPSA) is 42.2 Å². The van der Waals surface area contributed by atoms with E-state index in [1.807, 2.05) is 12.3 Å². The Bertz CT molecular complexity index is 408. The van der Waals surface area contributed by atoms with Gasteiger partial charge in [-0.2, -0.15) is 0 Å². The molecule has 0 amide bonds. The minimum Gasteiger partial charge on any atom is -0.396 e. The van der Waals surface area contributed by atoms with E-state index in [0.717, 1.165) is 22.5 Å². The van der Waals surface area contributed by atoms with Crippen LogP contribution in [0.25, 0.3) is 0 Å². The molecule has 1 saturated heterocycles. The SMILES string of the molecule is CC1CC(C)C(C)N(c2ncc(Br)cc2N)C1. The lowest BCUT2D eigenvalue weighted by molar-refractivity contribution is 0.295. The highest BCUT2D eigenvalue weighted by Crippen LogP contribution is 2.33. The van der Waals surface area contributed by atoms with E-state index in [-0.39, 0.29) is 0 Å². The lowest BCUT2D eigenvalue weighted by Gasteiger charge is -2.42. The molecule has 3 unspecified atom stereocenters. The number of nitrogens with two attached hydrogens (primary N) is 1. The molecule has 2 N–H and O–H groups in total. The predicted molar refractivity (Wildman–Crippen MR) is 76.1 cm³/mol. The maximum atomic E-state index is 6.07. The number of piperidine rings is 1. The van der Waals surface area contributed by atoms with Crippen molar-refractivity contribution in [1.82, 2.24) is 4.98 Å². The number of nitrogen functional groups attached to an aromatic ring is 1. The summed E-state index contributed by atoms with van der Waals surface area (Å²) >= 11 is 3.40. The molecule has 0 aliphatic carbocycles. The van der Waals surface area contributed by atoms with Crippen LogP contribution in [-0.4, -0.2) is 17.6 Å². The summed E-state index contributed by atoms with van der Waals surface area (Å²) in [5, 5.41) is 0. The molecule has 1 aliphatic rings. The van der Waals surface area contributed by atoms with Crippen LogP contribution in [0.2, 0.25) is 0 Å². The zero-order chi connectivity index (χ0) is 12.6. The Hall–Kier alpha value is -0.770. The van der Waals surface area contributed by atoms with E-state index in [0.29, 0.717) is 17.9 Å². The lowest BCUT2D eigenvalue weighted by atomic mass is 9.86. The molecule has 2 heterocycles. The van der Waals surface area contributed by atoms with Crippen molar-refractivity contribution in [2.45, 2.75) is 33.2 Å². The van der Waals surface area contributed by atoms with Crippen molar-refractivity contribution in [3.63, 3.8) is 0 Å². The smallest absolute Gasteiger partial charge is 0.152 e. The molecular formula is C13H20BrN3. The van der Waals surface area contributed by atoms with Gasteiger partial charge in [0.2, 0.25) is 0 Å². The molecule has 0 bridgehead atoms. The Morgan fingerprint density at radius 3 is 2.76 bits per heavy atom. The standard InChI is InChI=1S/C13H20BrN3/c1-8-4-9(2)10(3)17(7-8)13-12(15)5-11(14)6-16-13/h5-6,8-10H,4,7,15H2,1-3H3. The maximum Gasteiger partial charge on any atom is 0.152 e. The summed E-state index contributed by atoms with van der Waals surface area (Å²) < 4.78 is 0.935. The van der Waals surface area contributed by atoms with Gasteiger partial charge in [0, 0.05) is 23.3 Å². The third-order valence-electron chi connectivity index (χ3n) is 3.73. The molecule has 0 radical (unpaired) electrons. The summed E-state index contributed by atoms with van der Waals surface area (Å²) in [4.78, 5) is 6.82. The fraction of sp³-hybridized carbons (Fsp3) is 0.615. The molecule has 0 aromatic carbocycles. The molecule has 1 aromatic rings. The van der Waals surface area contributed by atoms with Crippen molar-refractivity contribution in [2.75, 3.05) is 17.2 Å². The van der Waals surface area contributed by atoms with Crippen LogP contribution in [0.5, 0.6) is 0 Å². The Labute approximate surface area is 112 Å². The average Bonchev–Trinajstić information content (AvgIpc) is 2.24. The van der Waals surface area contributed by atoms with E-state index in [9.17, 15) is 0 Å². The molecular weight excluding hydrogens is 278 g/mol. The van der Waals surface area contributed by atoms with Crippen LogP contribution in [0.4, 0.5) is 11.5 Å². The molecule has 3 atom stereocenters. The van der Waals surface area contributed by atoms with Crippen molar-refractivity contribution in [1.29, 1.82) is 0 Å². The molecule has 3 nitrogen and oxygen atoms in total. The normalized spacial score (nSPS) is 29.4. The second-order valence-electron chi connectivity index (χ2n) is 5.28. The molecule has 2 rings (SSSR count). The number of pyridine rings is 1. The van der Waals surface area contributed by atoms with Gasteiger partial charge in [0.05, 0.1) is 5.69 Å². The van der Waals surface area contributed by atoms with Gasteiger partial charge in [0.15, 0.2) is 5.82 Å². The van der Waals surface area contributed by atoms with Crippen LogP contribution in [0.15, 0.2) is 16.7 Å². The first kappa shape index (κ1) is 12.7. The first-order valence-electron chi connectivity index (χ1n) is 6.16. The summed E-state index contributed by atoms with van der Waals surface area (Å²) in [5.74, 6) is 2.31. The van der Waals surface area contributed by atoms with Gasteiger partial charge in [-0.25, -0.2) is 4.98 Å². The van der Waals surface area contributed by atoms with Gasteiger partial charge in [-0.1, -0.05) is 13.8 Å². The predicted octanol–water partition coefficient (Wildman–Crippen LogP) is 3.30. The number of hydrogen-bond acceptors (Lipinski definition) is 3. The van der Waals surface area contributed by atoms with Crippen molar-refractivity contribution in [2.24, 2.45) is 11.8 Å². The van der Waals surface area contributed by atoms with Crippen LogP contribution in [-0.2, 0) is 0 Å².